The second-order valence-corrected chi connectivity index (χ2v) is 9.05. The highest BCUT2D eigenvalue weighted by Crippen LogP contribution is 2.40. The van der Waals surface area contributed by atoms with Crippen molar-refractivity contribution in [2.24, 2.45) is 0 Å². The molecule has 7 heteroatoms. The van der Waals surface area contributed by atoms with Crippen molar-refractivity contribution in [2.45, 2.75) is 26.3 Å². The number of aliphatic hydroxyl groups is 1. The fourth-order valence-electron chi connectivity index (χ4n) is 4.27. The van der Waals surface area contributed by atoms with Crippen LogP contribution in [0.2, 0.25) is 0 Å². The minimum Gasteiger partial charge on any atom is -0.507 e. The van der Waals surface area contributed by atoms with Gasteiger partial charge in [0.1, 0.15) is 11.5 Å². The number of rotatable bonds is 9. The van der Waals surface area contributed by atoms with Crippen molar-refractivity contribution in [3.63, 3.8) is 0 Å². The Morgan fingerprint density at radius 3 is 2.29 bits per heavy atom. The lowest BCUT2D eigenvalue weighted by atomic mass is 9.93. The number of Topliss-reactive ketones (excluding diaryl/α,β-unsaturated/α-hetero) is 1. The minimum atomic E-state index is -0.655. The van der Waals surface area contributed by atoms with Gasteiger partial charge in [-0.05, 0) is 82.4 Å². The van der Waals surface area contributed by atoms with Gasteiger partial charge in [0.15, 0.2) is 0 Å². The van der Waals surface area contributed by atoms with Crippen LogP contribution in [0.4, 0.5) is 5.69 Å². The first kappa shape index (κ1) is 25.3. The van der Waals surface area contributed by atoms with Gasteiger partial charge in [0.05, 0.1) is 18.2 Å². The molecule has 0 bridgehead atoms. The molecule has 0 radical (unpaired) electrons. The molecule has 1 saturated heterocycles. The van der Waals surface area contributed by atoms with E-state index in [-0.39, 0.29) is 11.3 Å². The minimum absolute atomic E-state index is 0.125. The number of likely N-dealkylation sites (tertiary alicyclic amines) is 1. The maximum atomic E-state index is 13.2. The van der Waals surface area contributed by atoms with Crippen molar-refractivity contribution in [3.05, 3.63) is 64.7 Å². The monoisotopic (exact) mass is 465 g/mol. The van der Waals surface area contributed by atoms with E-state index in [1.54, 1.807) is 17.0 Å². The lowest BCUT2D eigenvalue weighted by Gasteiger charge is -2.26. The molecule has 0 aromatic heterocycles. The molecule has 0 saturated carbocycles. The van der Waals surface area contributed by atoms with Crippen molar-refractivity contribution in [1.82, 2.24) is 9.80 Å². The molecule has 1 unspecified atom stereocenters. The fourth-order valence-corrected chi connectivity index (χ4v) is 4.27. The first-order chi connectivity index (χ1) is 16.1. The average molecular weight is 466 g/mol. The number of aliphatic hydroxyl groups excluding tert-OH is 1. The van der Waals surface area contributed by atoms with Gasteiger partial charge in [-0.3, -0.25) is 9.59 Å². The standard InChI is InChI=1S/C27H35N3O4/c1-7-34-21-13-14-22(18(2)17-21)25(31)23-24(19-9-11-20(12-10-19)29(5)6)30(27(33)26(23)32)16-8-15-28(3)4/h9-14,17,24,31H,7-8,15-16H2,1-6H3. The van der Waals surface area contributed by atoms with Crippen LogP contribution in [0.15, 0.2) is 48.0 Å². The summed E-state index contributed by atoms with van der Waals surface area (Å²) in [7, 11) is 7.86. The quantitative estimate of drug-likeness (QED) is 0.345. The Morgan fingerprint density at radius 1 is 1.06 bits per heavy atom. The number of hydrogen-bond donors (Lipinski definition) is 1. The van der Waals surface area contributed by atoms with Crippen LogP contribution in [0.3, 0.4) is 0 Å². The van der Waals surface area contributed by atoms with E-state index >= 15 is 0 Å². The van der Waals surface area contributed by atoms with Crippen LogP contribution in [-0.4, -0.2) is 74.5 Å². The molecule has 1 fully saturated rings. The molecule has 2 aromatic rings. The highest BCUT2D eigenvalue weighted by molar-refractivity contribution is 6.46. The lowest BCUT2D eigenvalue weighted by Crippen LogP contribution is -2.32. The molecule has 0 aliphatic carbocycles. The summed E-state index contributed by atoms with van der Waals surface area (Å²) in [5.41, 5.74) is 3.21. The van der Waals surface area contributed by atoms with Crippen molar-refractivity contribution in [1.29, 1.82) is 0 Å². The maximum Gasteiger partial charge on any atom is 0.295 e. The van der Waals surface area contributed by atoms with E-state index in [9.17, 15) is 14.7 Å². The summed E-state index contributed by atoms with van der Waals surface area (Å²) < 4.78 is 5.55. The summed E-state index contributed by atoms with van der Waals surface area (Å²) in [5.74, 6) is -0.699. The number of nitrogens with zero attached hydrogens (tertiary/aromatic N) is 3. The topological polar surface area (TPSA) is 73.3 Å². The summed E-state index contributed by atoms with van der Waals surface area (Å²) >= 11 is 0. The highest BCUT2D eigenvalue weighted by Gasteiger charge is 2.45. The van der Waals surface area contributed by atoms with Gasteiger partial charge in [-0.1, -0.05) is 12.1 Å². The molecular weight excluding hydrogens is 430 g/mol. The first-order valence-corrected chi connectivity index (χ1v) is 11.6. The predicted molar refractivity (Wildman–Crippen MR) is 135 cm³/mol. The summed E-state index contributed by atoms with van der Waals surface area (Å²) in [6, 6.07) is 12.4. The second kappa shape index (κ2) is 10.7. The van der Waals surface area contributed by atoms with Gasteiger partial charge >= 0.3 is 0 Å². The first-order valence-electron chi connectivity index (χ1n) is 11.6. The number of amides is 1. The van der Waals surface area contributed by atoms with Gasteiger partial charge < -0.3 is 24.5 Å². The number of ether oxygens (including phenoxy) is 1. The zero-order chi connectivity index (χ0) is 25.0. The van der Waals surface area contributed by atoms with Gasteiger partial charge in [0, 0.05) is 31.9 Å². The Balaban J connectivity index is 2.10. The van der Waals surface area contributed by atoms with Crippen LogP contribution < -0.4 is 9.64 Å². The molecular formula is C27H35N3O4. The van der Waals surface area contributed by atoms with E-state index in [0.717, 1.165) is 23.4 Å². The maximum absolute atomic E-state index is 13.2. The SMILES string of the molecule is CCOc1ccc(C(O)=C2C(=O)C(=O)N(CCCN(C)C)C2c2ccc(N(C)C)cc2)c(C)c1. The van der Waals surface area contributed by atoms with Crippen molar-refractivity contribution >= 4 is 23.1 Å². The highest BCUT2D eigenvalue weighted by atomic mass is 16.5. The number of aryl methyl sites for hydroxylation is 1. The Bertz CT molecular complexity index is 1070. The van der Waals surface area contributed by atoms with E-state index in [2.05, 4.69) is 0 Å². The molecule has 1 atom stereocenters. The van der Waals surface area contributed by atoms with Crippen molar-refractivity contribution in [2.75, 3.05) is 52.8 Å². The number of carbonyl (C=O) groups is 2. The average Bonchev–Trinajstić information content (AvgIpc) is 3.04. The molecule has 1 amide bonds. The molecule has 1 aliphatic rings. The third-order valence-electron chi connectivity index (χ3n) is 6.03. The molecule has 0 spiro atoms. The number of ketones is 1. The van der Waals surface area contributed by atoms with Crippen LogP contribution >= 0.6 is 0 Å². The molecule has 182 valence electrons. The molecule has 1 N–H and O–H groups in total. The number of anilines is 1. The molecule has 2 aromatic carbocycles. The Hall–Kier alpha value is -3.32. The summed E-state index contributed by atoms with van der Waals surface area (Å²) in [6.45, 7) is 5.50. The summed E-state index contributed by atoms with van der Waals surface area (Å²) in [4.78, 5) is 31.9. The summed E-state index contributed by atoms with van der Waals surface area (Å²) in [5, 5.41) is 11.3. The lowest BCUT2D eigenvalue weighted by molar-refractivity contribution is -0.139. The van der Waals surface area contributed by atoms with Crippen LogP contribution in [0, 0.1) is 6.92 Å². The molecule has 1 aliphatic heterocycles. The molecule has 3 rings (SSSR count). The molecule has 7 nitrogen and oxygen atoms in total. The van der Waals surface area contributed by atoms with E-state index in [1.807, 2.05) is 82.2 Å². The smallest absolute Gasteiger partial charge is 0.295 e. The number of benzene rings is 2. The number of carbonyl (C=O) groups excluding carboxylic acids is 2. The van der Waals surface area contributed by atoms with E-state index in [4.69, 9.17) is 4.74 Å². The van der Waals surface area contributed by atoms with E-state index < -0.39 is 17.7 Å². The van der Waals surface area contributed by atoms with Gasteiger partial charge in [0.2, 0.25) is 0 Å². The van der Waals surface area contributed by atoms with Crippen LogP contribution in [0.5, 0.6) is 5.75 Å². The van der Waals surface area contributed by atoms with Crippen LogP contribution in [-0.2, 0) is 9.59 Å². The van der Waals surface area contributed by atoms with Gasteiger partial charge in [0.25, 0.3) is 11.7 Å². The Kier molecular flexibility index (Phi) is 7.99. The third-order valence-corrected chi connectivity index (χ3v) is 6.03. The molecule has 1 heterocycles. The van der Waals surface area contributed by atoms with Crippen LogP contribution in [0.25, 0.3) is 5.76 Å². The zero-order valence-electron chi connectivity index (χ0n) is 21.0. The zero-order valence-corrected chi connectivity index (χ0v) is 21.0. The predicted octanol–water partition coefficient (Wildman–Crippen LogP) is 3.83. The van der Waals surface area contributed by atoms with Crippen LogP contribution in [0.1, 0.15) is 36.1 Å². The van der Waals surface area contributed by atoms with Gasteiger partial charge in [-0.15, -0.1) is 0 Å². The third kappa shape index (κ3) is 5.25. The molecule has 34 heavy (non-hydrogen) atoms. The van der Waals surface area contributed by atoms with Gasteiger partial charge in [-0.2, -0.15) is 0 Å². The Morgan fingerprint density at radius 2 is 1.74 bits per heavy atom. The second-order valence-electron chi connectivity index (χ2n) is 9.05. The normalized spacial score (nSPS) is 17.5. The fraction of sp³-hybridized carbons (Fsp3) is 0.407. The summed E-state index contributed by atoms with van der Waals surface area (Å²) in [6.07, 6.45) is 0.717. The van der Waals surface area contributed by atoms with Crippen molar-refractivity contribution in [3.8, 4) is 5.75 Å². The van der Waals surface area contributed by atoms with E-state index in [1.165, 1.54) is 0 Å². The largest absolute Gasteiger partial charge is 0.507 e. The number of hydrogen-bond acceptors (Lipinski definition) is 6. The van der Waals surface area contributed by atoms with Gasteiger partial charge in [-0.25, -0.2) is 0 Å². The van der Waals surface area contributed by atoms with Crippen molar-refractivity contribution < 1.29 is 19.4 Å². The Labute approximate surface area is 202 Å². The van der Waals surface area contributed by atoms with E-state index in [0.29, 0.717) is 30.9 Å².